The molecule has 0 aromatic carbocycles. The summed E-state index contributed by atoms with van der Waals surface area (Å²) in [5.41, 5.74) is 1.82. The van der Waals surface area contributed by atoms with Crippen molar-refractivity contribution in [3.8, 4) is 0 Å². The molecule has 0 bridgehead atoms. The summed E-state index contributed by atoms with van der Waals surface area (Å²) in [6.07, 6.45) is 1.32. The Balaban J connectivity index is 2.15. The number of halogens is 1. The number of carbonyl (C=O) groups excluding carboxylic acids is 1. The second-order valence-corrected chi connectivity index (χ2v) is 7.74. The molecule has 0 unspecified atom stereocenters. The van der Waals surface area contributed by atoms with Gasteiger partial charge in [0, 0.05) is 38.8 Å². The van der Waals surface area contributed by atoms with Crippen LogP contribution in [-0.2, 0) is 17.6 Å². The number of pyridine rings is 1. The molecule has 2 rings (SSSR count). The molecule has 0 fully saturated rings. The second kappa shape index (κ2) is 7.07. The Morgan fingerprint density at radius 2 is 2.04 bits per heavy atom. The van der Waals surface area contributed by atoms with Crippen LogP contribution in [-0.4, -0.2) is 48.3 Å². The van der Waals surface area contributed by atoms with Gasteiger partial charge >= 0.3 is 6.09 Å². The molecule has 0 radical (unpaired) electrons. The summed E-state index contributed by atoms with van der Waals surface area (Å²) >= 11 is 3.62. The van der Waals surface area contributed by atoms with E-state index in [0.29, 0.717) is 13.1 Å². The van der Waals surface area contributed by atoms with Gasteiger partial charge in [-0.3, -0.25) is 0 Å². The molecule has 23 heavy (non-hydrogen) atoms. The fourth-order valence-corrected chi connectivity index (χ4v) is 3.19. The van der Waals surface area contributed by atoms with Crippen molar-refractivity contribution >= 4 is 27.8 Å². The van der Waals surface area contributed by atoms with Crippen LogP contribution in [0.1, 0.15) is 39.0 Å². The van der Waals surface area contributed by atoms with Crippen LogP contribution < -0.4 is 4.90 Å². The van der Waals surface area contributed by atoms with E-state index in [1.54, 1.807) is 4.90 Å². The zero-order valence-electron chi connectivity index (χ0n) is 14.6. The lowest BCUT2D eigenvalue weighted by Gasteiger charge is -2.26. The number of hydrogen-bond acceptors (Lipinski definition) is 4. The van der Waals surface area contributed by atoms with Gasteiger partial charge in [0.15, 0.2) is 0 Å². The van der Waals surface area contributed by atoms with Gasteiger partial charge in [-0.05, 0) is 61.7 Å². The van der Waals surface area contributed by atoms with Crippen LogP contribution in [0.2, 0.25) is 0 Å². The topological polar surface area (TPSA) is 45.7 Å². The maximum absolute atomic E-state index is 12.3. The van der Waals surface area contributed by atoms with E-state index < -0.39 is 5.60 Å². The van der Waals surface area contributed by atoms with E-state index in [4.69, 9.17) is 9.72 Å². The first-order valence-corrected chi connectivity index (χ1v) is 8.88. The number of hydrogen-bond donors (Lipinski definition) is 0. The zero-order chi connectivity index (χ0) is 17.2. The van der Waals surface area contributed by atoms with E-state index in [2.05, 4.69) is 33.8 Å². The number of anilines is 1. The van der Waals surface area contributed by atoms with Crippen molar-refractivity contribution < 1.29 is 9.53 Å². The second-order valence-electron chi connectivity index (χ2n) is 6.88. The van der Waals surface area contributed by atoms with Gasteiger partial charge in [0.05, 0.1) is 4.47 Å². The minimum absolute atomic E-state index is 0.240. The van der Waals surface area contributed by atoms with E-state index >= 15 is 0 Å². The van der Waals surface area contributed by atoms with Crippen molar-refractivity contribution in [3.63, 3.8) is 0 Å². The third kappa shape index (κ3) is 4.59. The molecule has 0 aliphatic carbocycles. The van der Waals surface area contributed by atoms with Crippen molar-refractivity contribution in [3.05, 3.63) is 21.8 Å². The molecule has 0 spiro atoms. The van der Waals surface area contributed by atoms with Crippen molar-refractivity contribution in [1.82, 2.24) is 9.88 Å². The fourth-order valence-electron chi connectivity index (χ4n) is 2.52. The first-order chi connectivity index (χ1) is 10.7. The first-order valence-electron chi connectivity index (χ1n) is 8.08. The molecule has 5 nitrogen and oxygen atoms in total. The highest BCUT2D eigenvalue weighted by molar-refractivity contribution is 9.10. The van der Waals surface area contributed by atoms with Crippen LogP contribution in [0.15, 0.2) is 10.5 Å². The maximum Gasteiger partial charge on any atom is 0.410 e. The molecule has 2 heterocycles. The van der Waals surface area contributed by atoms with E-state index in [1.165, 1.54) is 5.56 Å². The summed E-state index contributed by atoms with van der Waals surface area (Å²) in [7, 11) is 2.03. The number of carbonyl (C=O) groups is 1. The van der Waals surface area contributed by atoms with Crippen LogP contribution in [0.4, 0.5) is 10.6 Å². The summed E-state index contributed by atoms with van der Waals surface area (Å²) in [5.74, 6) is 0.956. The Morgan fingerprint density at radius 1 is 1.39 bits per heavy atom. The van der Waals surface area contributed by atoms with Crippen LogP contribution in [0.25, 0.3) is 0 Å². The zero-order valence-corrected chi connectivity index (χ0v) is 16.2. The number of rotatable bonds is 2. The highest BCUT2D eigenvalue weighted by atomic mass is 79.9. The van der Waals surface area contributed by atoms with Gasteiger partial charge in [0.1, 0.15) is 11.4 Å². The normalized spacial score (nSPS) is 15.0. The van der Waals surface area contributed by atoms with Gasteiger partial charge in [-0.2, -0.15) is 0 Å². The highest BCUT2D eigenvalue weighted by Crippen LogP contribution is 2.28. The van der Waals surface area contributed by atoms with Crippen molar-refractivity contribution in [2.24, 2.45) is 0 Å². The van der Waals surface area contributed by atoms with Gasteiger partial charge in [-0.25, -0.2) is 9.78 Å². The minimum Gasteiger partial charge on any atom is -0.444 e. The molecule has 0 atom stereocenters. The number of nitrogens with zero attached hydrogens (tertiary/aromatic N) is 3. The predicted octanol–water partition coefficient (Wildman–Crippen LogP) is 3.64. The van der Waals surface area contributed by atoms with Crippen molar-refractivity contribution in [2.45, 2.75) is 46.1 Å². The quantitative estimate of drug-likeness (QED) is 0.781. The molecule has 0 saturated heterocycles. The number of ether oxygens (including phenoxy) is 1. The molecule has 1 aromatic heterocycles. The molecule has 1 aliphatic heterocycles. The molecule has 1 amide bonds. The predicted molar refractivity (Wildman–Crippen MR) is 96.1 cm³/mol. The number of amides is 1. The molecular formula is C17H26BrN3O2. The SMILES string of the molecule is CCN(C)c1nc2c(cc1Br)CCN(C(=O)OC(C)(C)C)CC2. The summed E-state index contributed by atoms with van der Waals surface area (Å²) in [6, 6.07) is 2.14. The van der Waals surface area contributed by atoms with Gasteiger partial charge in [0.25, 0.3) is 0 Å². The highest BCUT2D eigenvalue weighted by Gasteiger charge is 2.25. The average Bonchev–Trinajstić information content (AvgIpc) is 2.66. The Bertz CT molecular complexity index is 584. The van der Waals surface area contributed by atoms with Crippen LogP contribution >= 0.6 is 15.9 Å². The molecule has 1 aromatic rings. The Morgan fingerprint density at radius 3 is 2.65 bits per heavy atom. The summed E-state index contributed by atoms with van der Waals surface area (Å²) in [4.78, 5) is 21.0. The monoisotopic (exact) mass is 383 g/mol. The van der Waals surface area contributed by atoms with E-state index in [0.717, 1.165) is 35.4 Å². The van der Waals surface area contributed by atoms with Crippen molar-refractivity contribution in [2.75, 3.05) is 31.6 Å². The largest absolute Gasteiger partial charge is 0.444 e. The lowest BCUT2D eigenvalue weighted by Crippen LogP contribution is -2.38. The fraction of sp³-hybridized carbons (Fsp3) is 0.647. The lowest BCUT2D eigenvalue weighted by atomic mass is 10.1. The van der Waals surface area contributed by atoms with Gasteiger partial charge in [-0.1, -0.05) is 0 Å². The van der Waals surface area contributed by atoms with Gasteiger partial charge < -0.3 is 14.5 Å². The van der Waals surface area contributed by atoms with Gasteiger partial charge in [-0.15, -0.1) is 0 Å². The first kappa shape index (κ1) is 18.0. The van der Waals surface area contributed by atoms with E-state index in [-0.39, 0.29) is 6.09 Å². The molecule has 0 N–H and O–H groups in total. The van der Waals surface area contributed by atoms with Gasteiger partial charge in [0.2, 0.25) is 0 Å². The maximum atomic E-state index is 12.3. The standard InChI is InChI=1S/C17H26BrN3O2/c1-6-20(5)15-13(18)11-12-7-9-21(10-8-14(12)19-15)16(22)23-17(2,3)4/h11H,6-10H2,1-5H3. The molecule has 6 heteroatoms. The number of aromatic nitrogens is 1. The lowest BCUT2D eigenvalue weighted by molar-refractivity contribution is 0.0258. The summed E-state index contributed by atoms with van der Waals surface area (Å²) < 4.78 is 6.49. The summed E-state index contributed by atoms with van der Waals surface area (Å²) in [6.45, 7) is 9.98. The molecule has 1 aliphatic rings. The minimum atomic E-state index is -0.464. The van der Waals surface area contributed by atoms with Crippen LogP contribution in [0.5, 0.6) is 0 Å². The Labute approximate surface area is 147 Å². The van der Waals surface area contributed by atoms with Crippen molar-refractivity contribution in [1.29, 1.82) is 0 Å². The average molecular weight is 384 g/mol. The van der Waals surface area contributed by atoms with Crippen LogP contribution in [0.3, 0.4) is 0 Å². The van der Waals surface area contributed by atoms with E-state index in [9.17, 15) is 4.79 Å². The molecule has 0 saturated carbocycles. The summed E-state index contributed by atoms with van der Waals surface area (Å²) in [5, 5.41) is 0. The van der Waals surface area contributed by atoms with Crippen LogP contribution in [0, 0.1) is 0 Å². The number of fused-ring (bicyclic) bond motifs is 1. The molecular weight excluding hydrogens is 358 g/mol. The molecule has 128 valence electrons. The Hall–Kier alpha value is -1.30. The Kier molecular flexibility index (Phi) is 5.55. The third-order valence-corrected chi connectivity index (χ3v) is 4.47. The third-order valence-electron chi connectivity index (χ3n) is 3.88. The van der Waals surface area contributed by atoms with E-state index in [1.807, 2.05) is 27.8 Å². The smallest absolute Gasteiger partial charge is 0.410 e.